The lowest BCUT2D eigenvalue weighted by molar-refractivity contribution is 0.410. The normalized spacial score (nSPS) is 14.1. The molecule has 0 aliphatic heterocycles. The van der Waals surface area contributed by atoms with Crippen molar-refractivity contribution in [3.63, 3.8) is 0 Å². The number of aromatic nitrogens is 1. The molecule has 1 heterocycles. The van der Waals surface area contributed by atoms with Gasteiger partial charge >= 0.3 is 0 Å². The molecule has 2 aromatic rings. The lowest BCUT2D eigenvalue weighted by Crippen LogP contribution is -2.39. The molecule has 2 nitrogen and oxygen atoms in total. The van der Waals surface area contributed by atoms with Crippen LogP contribution in [0.3, 0.4) is 0 Å². The van der Waals surface area contributed by atoms with Crippen molar-refractivity contribution in [3.8, 4) is 0 Å². The highest BCUT2D eigenvalue weighted by atomic mass is 19.1. The van der Waals surface area contributed by atoms with Crippen molar-refractivity contribution in [2.45, 2.75) is 25.3 Å². The van der Waals surface area contributed by atoms with Gasteiger partial charge in [0.25, 0.3) is 0 Å². The first-order valence-electron chi connectivity index (χ1n) is 6.19. The van der Waals surface area contributed by atoms with Crippen molar-refractivity contribution in [3.05, 3.63) is 65.5 Å². The van der Waals surface area contributed by atoms with Crippen molar-refractivity contribution in [2.24, 2.45) is 5.73 Å². The molecule has 2 N–H and O–H groups in total. The fourth-order valence-corrected chi connectivity index (χ4v) is 2.08. The lowest BCUT2D eigenvalue weighted by Gasteiger charge is -2.27. The van der Waals surface area contributed by atoms with E-state index in [-0.39, 0.29) is 5.82 Å². The molecule has 0 amide bonds. The second-order valence-corrected chi connectivity index (χ2v) is 4.68. The van der Waals surface area contributed by atoms with Crippen LogP contribution in [0.4, 0.5) is 8.78 Å². The Balaban J connectivity index is 2.29. The number of hydrogen-bond acceptors (Lipinski definition) is 2. The van der Waals surface area contributed by atoms with Crippen LogP contribution >= 0.6 is 0 Å². The SMILES string of the molecule is CCC(N)(Cc1cccc(F)c1)c1ccc(F)cn1. The first-order valence-corrected chi connectivity index (χ1v) is 6.19. The quantitative estimate of drug-likeness (QED) is 0.919. The summed E-state index contributed by atoms with van der Waals surface area (Å²) in [6, 6.07) is 9.25. The first kappa shape index (κ1) is 13.6. The molecule has 100 valence electrons. The van der Waals surface area contributed by atoms with E-state index in [4.69, 9.17) is 5.73 Å². The number of hydrogen-bond donors (Lipinski definition) is 1. The third-order valence-electron chi connectivity index (χ3n) is 3.28. The Morgan fingerprint density at radius 3 is 2.53 bits per heavy atom. The second-order valence-electron chi connectivity index (χ2n) is 4.68. The van der Waals surface area contributed by atoms with Crippen LogP contribution in [0, 0.1) is 11.6 Å². The highest BCUT2D eigenvalue weighted by Gasteiger charge is 2.27. The molecule has 0 aliphatic carbocycles. The molecule has 0 saturated heterocycles. The van der Waals surface area contributed by atoms with Crippen molar-refractivity contribution >= 4 is 0 Å². The predicted octanol–water partition coefficient (Wildman–Crippen LogP) is 3.17. The van der Waals surface area contributed by atoms with E-state index >= 15 is 0 Å². The topological polar surface area (TPSA) is 38.9 Å². The van der Waals surface area contributed by atoms with Gasteiger partial charge in [-0.1, -0.05) is 19.1 Å². The molecule has 19 heavy (non-hydrogen) atoms. The summed E-state index contributed by atoms with van der Waals surface area (Å²) in [6.45, 7) is 1.93. The van der Waals surface area contributed by atoms with Crippen molar-refractivity contribution < 1.29 is 8.78 Å². The first-order chi connectivity index (χ1) is 9.03. The van der Waals surface area contributed by atoms with E-state index in [1.807, 2.05) is 13.0 Å². The highest BCUT2D eigenvalue weighted by molar-refractivity contribution is 5.24. The molecular formula is C15H16F2N2. The lowest BCUT2D eigenvalue weighted by atomic mass is 9.85. The minimum absolute atomic E-state index is 0.289. The van der Waals surface area contributed by atoms with E-state index in [2.05, 4.69) is 4.98 Å². The summed E-state index contributed by atoms with van der Waals surface area (Å²) in [5.41, 5.74) is 7.04. The zero-order valence-electron chi connectivity index (χ0n) is 10.7. The standard InChI is InChI=1S/C15H16F2N2/c1-2-15(18,14-7-6-13(17)10-19-14)9-11-4-3-5-12(16)8-11/h3-8,10H,2,9,18H2,1H3. The van der Waals surface area contributed by atoms with Gasteiger partial charge in [-0.15, -0.1) is 0 Å². The molecule has 0 aliphatic rings. The van der Waals surface area contributed by atoms with Gasteiger partial charge in [-0.05, 0) is 42.7 Å². The number of halogens is 2. The summed E-state index contributed by atoms with van der Waals surface area (Å²) in [6.07, 6.45) is 2.24. The second kappa shape index (κ2) is 5.45. The fourth-order valence-electron chi connectivity index (χ4n) is 2.08. The summed E-state index contributed by atoms with van der Waals surface area (Å²) in [5, 5.41) is 0. The average molecular weight is 262 g/mol. The van der Waals surface area contributed by atoms with Gasteiger partial charge in [-0.2, -0.15) is 0 Å². The van der Waals surface area contributed by atoms with E-state index < -0.39 is 11.4 Å². The summed E-state index contributed by atoms with van der Waals surface area (Å²) in [4.78, 5) is 4.05. The van der Waals surface area contributed by atoms with Crippen molar-refractivity contribution in [1.82, 2.24) is 4.98 Å². The van der Waals surface area contributed by atoms with E-state index in [1.54, 1.807) is 12.1 Å². The van der Waals surface area contributed by atoms with E-state index in [9.17, 15) is 8.78 Å². The summed E-state index contributed by atoms with van der Waals surface area (Å²) in [5.74, 6) is -0.684. The summed E-state index contributed by atoms with van der Waals surface area (Å²) < 4.78 is 26.1. The molecule has 1 aromatic heterocycles. The van der Waals surface area contributed by atoms with Gasteiger partial charge in [0.15, 0.2) is 0 Å². The number of rotatable bonds is 4. The molecule has 1 aromatic carbocycles. The summed E-state index contributed by atoms with van der Waals surface area (Å²) >= 11 is 0. The predicted molar refractivity (Wildman–Crippen MR) is 70.5 cm³/mol. The monoisotopic (exact) mass is 262 g/mol. The Morgan fingerprint density at radius 1 is 1.16 bits per heavy atom. The highest BCUT2D eigenvalue weighted by Crippen LogP contribution is 2.25. The van der Waals surface area contributed by atoms with Crippen molar-refractivity contribution in [1.29, 1.82) is 0 Å². The van der Waals surface area contributed by atoms with Gasteiger partial charge in [-0.25, -0.2) is 8.78 Å². The van der Waals surface area contributed by atoms with E-state index in [0.29, 0.717) is 18.5 Å². The molecule has 4 heteroatoms. The Kier molecular flexibility index (Phi) is 3.90. The molecule has 1 atom stereocenters. The maximum Gasteiger partial charge on any atom is 0.141 e. The molecule has 0 fully saturated rings. The van der Waals surface area contributed by atoms with Crippen molar-refractivity contribution in [2.75, 3.05) is 0 Å². The van der Waals surface area contributed by atoms with Crippen LogP contribution in [0.5, 0.6) is 0 Å². The van der Waals surface area contributed by atoms with Gasteiger partial charge in [0.05, 0.1) is 17.4 Å². The third kappa shape index (κ3) is 3.15. The van der Waals surface area contributed by atoms with Crippen LogP contribution < -0.4 is 5.73 Å². The molecule has 0 radical (unpaired) electrons. The maximum absolute atomic E-state index is 13.2. The van der Waals surface area contributed by atoms with E-state index in [0.717, 1.165) is 11.8 Å². The maximum atomic E-state index is 13.2. The molecule has 0 bridgehead atoms. The molecular weight excluding hydrogens is 246 g/mol. The average Bonchev–Trinajstić information content (AvgIpc) is 2.39. The Morgan fingerprint density at radius 2 is 1.95 bits per heavy atom. The molecule has 1 unspecified atom stereocenters. The largest absolute Gasteiger partial charge is 0.320 e. The van der Waals surface area contributed by atoms with Gasteiger partial charge in [-0.3, -0.25) is 4.98 Å². The fraction of sp³-hybridized carbons (Fsp3) is 0.267. The number of pyridine rings is 1. The number of benzene rings is 1. The Bertz CT molecular complexity index is 554. The Hall–Kier alpha value is -1.81. The van der Waals surface area contributed by atoms with Crippen LogP contribution in [0.1, 0.15) is 24.6 Å². The minimum Gasteiger partial charge on any atom is -0.320 e. The van der Waals surface area contributed by atoms with Gasteiger partial charge in [0.2, 0.25) is 0 Å². The van der Waals surface area contributed by atoms with Crippen LogP contribution in [-0.4, -0.2) is 4.98 Å². The minimum atomic E-state index is -0.721. The zero-order chi connectivity index (χ0) is 13.9. The van der Waals surface area contributed by atoms with Gasteiger partial charge < -0.3 is 5.73 Å². The van der Waals surface area contributed by atoms with Gasteiger partial charge in [0.1, 0.15) is 11.6 Å². The number of nitrogens with zero attached hydrogens (tertiary/aromatic N) is 1. The Labute approximate surface area is 111 Å². The van der Waals surface area contributed by atoms with Crippen LogP contribution in [0.2, 0.25) is 0 Å². The summed E-state index contributed by atoms with van der Waals surface area (Å²) in [7, 11) is 0. The van der Waals surface area contributed by atoms with Crippen LogP contribution in [0.15, 0.2) is 42.6 Å². The molecule has 0 spiro atoms. The molecule has 2 rings (SSSR count). The third-order valence-corrected chi connectivity index (χ3v) is 3.28. The zero-order valence-corrected chi connectivity index (χ0v) is 10.7. The number of nitrogens with two attached hydrogens (primary N) is 1. The van der Waals surface area contributed by atoms with E-state index in [1.165, 1.54) is 18.2 Å². The smallest absolute Gasteiger partial charge is 0.141 e. The van der Waals surface area contributed by atoms with Crippen LogP contribution in [0.25, 0.3) is 0 Å². The van der Waals surface area contributed by atoms with Gasteiger partial charge in [0, 0.05) is 0 Å². The molecule has 0 saturated carbocycles. The van der Waals surface area contributed by atoms with Crippen LogP contribution in [-0.2, 0) is 12.0 Å².